The fourth-order valence-electron chi connectivity index (χ4n) is 3.22. The molecule has 4 rings (SSSR count). The minimum Gasteiger partial charge on any atom is -0.340 e. The van der Waals surface area contributed by atoms with Crippen LogP contribution in [-0.4, -0.2) is 21.9 Å². The maximum Gasteiger partial charge on any atom is 0.277 e. The van der Waals surface area contributed by atoms with Crippen molar-refractivity contribution in [2.75, 3.05) is 10.2 Å². The summed E-state index contributed by atoms with van der Waals surface area (Å²) in [5.74, 6) is 0.0119. The number of aromatic nitrogens is 2. The van der Waals surface area contributed by atoms with Crippen molar-refractivity contribution in [3.63, 3.8) is 0 Å². The number of halogens is 1. The zero-order chi connectivity index (χ0) is 18.1. The highest BCUT2D eigenvalue weighted by atomic mass is 19.1. The summed E-state index contributed by atoms with van der Waals surface area (Å²) < 4.78 is 13.0. The van der Waals surface area contributed by atoms with Gasteiger partial charge in [0.25, 0.3) is 5.91 Å². The number of hydrogen-bond acceptors (Lipinski definition) is 4. The summed E-state index contributed by atoms with van der Waals surface area (Å²) in [5.41, 5.74) is 3.08. The summed E-state index contributed by atoms with van der Waals surface area (Å²) in [4.78, 5) is 23.1. The third kappa shape index (κ3) is 3.01. The Kier molecular flexibility index (Phi) is 4.08. The molecule has 5 nitrogen and oxygen atoms in total. The van der Waals surface area contributed by atoms with E-state index in [4.69, 9.17) is 0 Å². The van der Waals surface area contributed by atoms with Crippen LogP contribution >= 0.6 is 0 Å². The van der Waals surface area contributed by atoms with E-state index in [9.17, 15) is 9.18 Å². The Labute approximate surface area is 150 Å². The second-order valence-electron chi connectivity index (χ2n) is 6.28. The lowest BCUT2D eigenvalue weighted by Gasteiger charge is -2.22. The molecular weight excluding hydrogens is 331 g/mol. The number of fused-ring (bicyclic) bond motifs is 1. The van der Waals surface area contributed by atoms with Crippen LogP contribution in [-0.2, 0) is 6.42 Å². The Bertz CT molecular complexity index is 958. The summed E-state index contributed by atoms with van der Waals surface area (Å²) in [6.45, 7) is 2.02. The van der Waals surface area contributed by atoms with E-state index >= 15 is 0 Å². The maximum atomic E-state index is 13.0. The van der Waals surface area contributed by atoms with Crippen LogP contribution in [0.3, 0.4) is 0 Å². The van der Waals surface area contributed by atoms with Gasteiger partial charge in [-0.2, -0.15) is 0 Å². The van der Waals surface area contributed by atoms with Gasteiger partial charge in [-0.25, -0.2) is 14.4 Å². The number of nitrogens with one attached hydrogen (secondary N) is 1. The molecule has 2 aromatic carbocycles. The number of benzene rings is 2. The van der Waals surface area contributed by atoms with Gasteiger partial charge >= 0.3 is 0 Å². The van der Waals surface area contributed by atoms with E-state index in [0.717, 1.165) is 17.7 Å². The topological polar surface area (TPSA) is 58.1 Å². The number of rotatable bonds is 3. The van der Waals surface area contributed by atoms with Gasteiger partial charge in [0.2, 0.25) is 0 Å². The number of amides is 1. The average molecular weight is 348 g/mol. The number of carbonyl (C=O) groups excluding carboxylic acids is 1. The molecular formula is C20H17FN4O. The quantitative estimate of drug-likeness (QED) is 0.779. The third-order valence-electron chi connectivity index (χ3n) is 4.43. The van der Waals surface area contributed by atoms with Crippen molar-refractivity contribution < 1.29 is 9.18 Å². The molecule has 1 aromatic heterocycles. The molecule has 0 saturated heterocycles. The lowest BCUT2D eigenvalue weighted by molar-refractivity contribution is 0.0976. The molecule has 0 saturated carbocycles. The molecule has 26 heavy (non-hydrogen) atoms. The summed E-state index contributed by atoms with van der Waals surface area (Å²) in [6.07, 6.45) is 2.18. The van der Waals surface area contributed by atoms with Gasteiger partial charge in [-0.15, -0.1) is 0 Å². The minimum atomic E-state index is -0.309. The summed E-state index contributed by atoms with van der Waals surface area (Å²) in [7, 11) is 0. The van der Waals surface area contributed by atoms with Gasteiger partial charge < -0.3 is 10.2 Å². The molecule has 0 aliphatic carbocycles. The Balaban J connectivity index is 1.60. The first-order chi connectivity index (χ1) is 12.6. The maximum absolute atomic E-state index is 13.0. The normalized spacial score (nSPS) is 15.6. The van der Waals surface area contributed by atoms with Crippen molar-refractivity contribution >= 4 is 23.1 Å². The number of para-hydroxylation sites is 1. The first-order valence-electron chi connectivity index (χ1n) is 8.38. The average Bonchev–Trinajstić information content (AvgIpc) is 2.99. The fourth-order valence-corrected chi connectivity index (χ4v) is 3.22. The van der Waals surface area contributed by atoms with Crippen molar-refractivity contribution in [1.29, 1.82) is 0 Å². The van der Waals surface area contributed by atoms with Crippen molar-refractivity contribution in [1.82, 2.24) is 9.97 Å². The highest BCUT2D eigenvalue weighted by Crippen LogP contribution is 2.33. The van der Waals surface area contributed by atoms with Crippen LogP contribution < -0.4 is 10.2 Å². The van der Waals surface area contributed by atoms with Crippen LogP contribution in [0, 0.1) is 5.82 Å². The SMILES string of the molecule is CC1Cc2ccccc2N1C(=O)c1cc(Nc2ccc(F)cc2)ncn1. The van der Waals surface area contributed by atoms with Gasteiger partial charge in [-0.3, -0.25) is 4.79 Å². The number of carbonyl (C=O) groups is 1. The highest BCUT2D eigenvalue weighted by molar-refractivity contribution is 6.06. The largest absolute Gasteiger partial charge is 0.340 e. The molecule has 1 unspecified atom stereocenters. The van der Waals surface area contributed by atoms with Crippen LogP contribution in [0.5, 0.6) is 0 Å². The number of nitrogens with zero attached hydrogens (tertiary/aromatic N) is 3. The molecule has 1 amide bonds. The van der Waals surface area contributed by atoms with E-state index in [1.54, 1.807) is 23.1 Å². The summed E-state index contributed by atoms with van der Waals surface area (Å²) in [5, 5.41) is 3.06. The molecule has 2 heterocycles. The van der Waals surface area contributed by atoms with Gasteiger partial charge in [0.15, 0.2) is 0 Å². The molecule has 0 bridgehead atoms. The number of anilines is 3. The predicted octanol–water partition coefficient (Wildman–Crippen LogP) is 3.95. The zero-order valence-corrected chi connectivity index (χ0v) is 14.2. The van der Waals surface area contributed by atoms with Crippen LogP contribution in [0.4, 0.5) is 21.6 Å². The van der Waals surface area contributed by atoms with Crippen molar-refractivity contribution in [2.24, 2.45) is 0 Å². The van der Waals surface area contributed by atoms with Gasteiger partial charge in [0.05, 0.1) is 0 Å². The zero-order valence-electron chi connectivity index (χ0n) is 14.2. The molecule has 0 spiro atoms. The Morgan fingerprint density at radius 2 is 1.92 bits per heavy atom. The summed E-state index contributed by atoms with van der Waals surface area (Å²) in [6, 6.07) is 15.5. The molecule has 1 N–H and O–H groups in total. The Morgan fingerprint density at radius 3 is 2.73 bits per heavy atom. The molecule has 0 radical (unpaired) electrons. The van der Waals surface area contributed by atoms with Gasteiger partial charge in [-0.05, 0) is 49.2 Å². The molecule has 1 aliphatic rings. The second kappa shape index (κ2) is 6.55. The Morgan fingerprint density at radius 1 is 1.15 bits per heavy atom. The van der Waals surface area contributed by atoms with E-state index in [0.29, 0.717) is 17.2 Å². The van der Waals surface area contributed by atoms with Gasteiger partial charge in [-0.1, -0.05) is 18.2 Å². The molecule has 1 aliphatic heterocycles. The fraction of sp³-hybridized carbons (Fsp3) is 0.150. The van der Waals surface area contributed by atoms with Crippen LogP contribution in [0.25, 0.3) is 0 Å². The third-order valence-corrected chi connectivity index (χ3v) is 4.43. The van der Waals surface area contributed by atoms with Crippen molar-refractivity contribution in [3.05, 3.63) is 78.0 Å². The summed E-state index contributed by atoms with van der Waals surface area (Å²) >= 11 is 0. The minimum absolute atomic E-state index is 0.0726. The van der Waals surface area contributed by atoms with E-state index < -0.39 is 0 Å². The van der Waals surface area contributed by atoms with Crippen molar-refractivity contribution in [3.8, 4) is 0 Å². The Hall–Kier alpha value is -3.28. The smallest absolute Gasteiger partial charge is 0.277 e. The number of hydrogen-bond donors (Lipinski definition) is 1. The van der Waals surface area contributed by atoms with Gasteiger partial charge in [0.1, 0.15) is 23.7 Å². The first-order valence-corrected chi connectivity index (χ1v) is 8.38. The van der Waals surface area contributed by atoms with Crippen LogP contribution in [0.1, 0.15) is 23.0 Å². The standard InChI is InChI=1S/C20H17FN4O/c1-13-10-14-4-2-3-5-18(14)25(13)20(26)17-11-19(23-12-22-17)24-16-8-6-15(21)7-9-16/h2-9,11-13H,10H2,1H3,(H,22,23,24). The molecule has 1 atom stereocenters. The second-order valence-corrected chi connectivity index (χ2v) is 6.28. The predicted molar refractivity (Wildman–Crippen MR) is 98.1 cm³/mol. The lowest BCUT2D eigenvalue weighted by Crippen LogP contribution is -2.36. The molecule has 6 heteroatoms. The molecule has 3 aromatic rings. The monoisotopic (exact) mass is 348 g/mol. The van der Waals surface area contributed by atoms with E-state index in [1.807, 2.05) is 31.2 Å². The van der Waals surface area contributed by atoms with Crippen molar-refractivity contribution in [2.45, 2.75) is 19.4 Å². The van der Waals surface area contributed by atoms with Gasteiger partial charge in [0, 0.05) is 23.5 Å². The van der Waals surface area contributed by atoms with E-state index in [2.05, 4.69) is 15.3 Å². The first kappa shape index (κ1) is 16.2. The lowest BCUT2D eigenvalue weighted by atomic mass is 10.1. The van der Waals surface area contributed by atoms with Crippen LogP contribution in [0.2, 0.25) is 0 Å². The van der Waals surface area contributed by atoms with Crippen LogP contribution in [0.15, 0.2) is 60.9 Å². The highest BCUT2D eigenvalue weighted by Gasteiger charge is 2.31. The molecule has 130 valence electrons. The van der Waals surface area contributed by atoms with E-state index in [-0.39, 0.29) is 17.8 Å². The molecule has 0 fully saturated rings. The van der Waals surface area contributed by atoms with E-state index in [1.165, 1.54) is 18.5 Å².